The Morgan fingerprint density at radius 3 is 2.83 bits per heavy atom. The van der Waals surface area contributed by atoms with E-state index < -0.39 is 11.0 Å². The summed E-state index contributed by atoms with van der Waals surface area (Å²) in [5.41, 5.74) is 1.29. The number of aliphatic hydroxyl groups excluding tert-OH is 1. The van der Waals surface area contributed by atoms with Gasteiger partial charge >= 0.3 is 5.97 Å². The van der Waals surface area contributed by atoms with Gasteiger partial charge in [-0.1, -0.05) is 13.0 Å². The zero-order chi connectivity index (χ0) is 17.0. The smallest absolute Gasteiger partial charge is 0.306 e. The third kappa shape index (κ3) is 3.98. The fourth-order valence-corrected chi connectivity index (χ4v) is 2.95. The van der Waals surface area contributed by atoms with Gasteiger partial charge in [-0.25, -0.2) is 0 Å². The molecule has 0 bridgehead atoms. The normalized spacial score (nSPS) is 18.7. The summed E-state index contributed by atoms with van der Waals surface area (Å²) in [6.07, 6.45) is 1.05. The molecule has 0 radical (unpaired) electrons. The average Bonchev–Trinajstić information content (AvgIpc) is 2.98. The van der Waals surface area contributed by atoms with Crippen molar-refractivity contribution in [2.24, 2.45) is 0 Å². The molecule has 1 aromatic carbocycles. The number of carbonyl (C=O) groups is 1. The van der Waals surface area contributed by atoms with E-state index in [1.54, 1.807) is 6.07 Å². The number of carbonyl (C=O) groups excluding carboxylic acids is 1. The van der Waals surface area contributed by atoms with Gasteiger partial charge in [-0.2, -0.15) is 0 Å². The molecular weight excluding hydrogens is 300 g/mol. The second-order valence-electron chi connectivity index (χ2n) is 5.78. The van der Waals surface area contributed by atoms with Crippen molar-refractivity contribution in [3.8, 4) is 0 Å². The quantitative estimate of drug-likeness (QED) is 0.490. The van der Waals surface area contributed by atoms with Gasteiger partial charge in [-0.05, 0) is 30.4 Å². The highest BCUT2D eigenvalue weighted by atomic mass is 16.6. The summed E-state index contributed by atoms with van der Waals surface area (Å²) in [7, 11) is 1.33. The Morgan fingerprint density at radius 2 is 2.30 bits per heavy atom. The topological polar surface area (TPSA) is 92.9 Å². The molecule has 0 spiro atoms. The third-order valence-electron chi connectivity index (χ3n) is 4.31. The molecular formula is C16H22N2O5. The van der Waals surface area contributed by atoms with Gasteiger partial charge in [0, 0.05) is 19.2 Å². The Kier molecular flexibility index (Phi) is 5.54. The zero-order valence-corrected chi connectivity index (χ0v) is 13.4. The summed E-state index contributed by atoms with van der Waals surface area (Å²) in [5.74, 6) is -0.439. The fraction of sp³-hybridized carbons (Fsp3) is 0.562. The maximum atomic E-state index is 11.5. The van der Waals surface area contributed by atoms with Crippen molar-refractivity contribution in [1.82, 2.24) is 0 Å². The lowest BCUT2D eigenvalue weighted by Gasteiger charge is -2.20. The molecule has 23 heavy (non-hydrogen) atoms. The molecule has 7 heteroatoms. The summed E-state index contributed by atoms with van der Waals surface area (Å²) in [6.45, 7) is 2.93. The maximum absolute atomic E-state index is 11.5. The van der Waals surface area contributed by atoms with Gasteiger partial charge in [0.05, 0.1) is 24.6 Å². The van der Waals surface area contributed by atoms with Crippen LogP contribution < -0.4 is 4.90 Å². The van der Waals surface area contributed by atoms with Crippen molar-refractivity contribution in [3.05, 3.63) is 33.9 Å². The van der Waals surface area contributed by atoms with Gasteiger partial charge in [0.25, 0.3) is 5.69 Å². The number of nitro groups is 1. The summed E-state index contributed by atoms with van der Waals surface area (Å²) >= 11 is 0. The Hall–Kier alpha value is -2.15. The van der Waals surface area contributed by atoms with E-state index in [4.69, 9.17) is 0 Å². The molecule has 1 N–H and O–H groups in total. The highest BCUT2D eigenvalue weighted by molar-refractivity contribution is 5.71. The van der Waals surface area contributed by atoms with Gasteiger partial charge in [-0.15, -0.1) is 0 Å². The first-order valence-corrected chi connectivity index (χ1v) is 7.74. The van der Waals surface area contributed by atoms with Crippen molar-refractivity contribution in [2.45, 2.75) is 38.2 Å². The molecule has 2 rings (SSSR count). The van der Waals surface area contributed by atoms with E-state index in [9.17, 15) is 20.0 Å². The number of hydrogen-bond donors (Lipinski definition) is 1. The SMILES string of the molecule is CCC(CC(=O)OC)c1ccc(N2CCC(O)C2)c([N+](=O)[O-])c1. The number of rotatable bonds is 6. The highest BCUT2D eigenvalue weighted by Gasteiger charge is 2.27. The van der Waals surface area contributed by atoms with Crippen LogP contribution in [0.1, 0.15) is 37.7 Å². The lowest BCUT2D eigenvalue weighted by atomic mass is 9.92. The lowest BCUT2D eigenvalue weighted by molar-refractivity contribution is -0.384. The Bertz CT molecular complexity index is 590. The highest BCUT2D eigenvalue weighted by Crippen LogP contribution is 2.35. The molecule has 1 fully saturated rings. The predicted molar refractivity (Wildman–Crippen MR) is 85.6 cm³/mol. The van der Waals surface area contributed by atoms with Crippen molar-refractivity contribution in [2.75, 3.05) is 25.1 Å². The second kappa shape index (κ2) is 7.41. The van der Waals surface area contributed by atoms with E-state index in [2.05, 4.69) is 4.74 Å². The summed E-state index contributed by atoms with van der Waals surface area (Å²) < 4.78 is 4.69. The van der Waals surface area contributed by atoms with Gasteiger partial charge in [0.1, 0.15) is 5.69 Å². The molecule has 126 valence electrons. The van der Waals surface area contributed by atoms with Gasteiger partial charge in [0.15, 0.2) is 0 Å². The number of nitro benzene ring substituents is 1. The number of β-amino-alcohol motifs (C(OH)–C–C–N with tert-alkyl or cyclic N) is 1. The van der Waals surface area contributed by atoms with E-state index in [1.165, 1.54) is 13.2 Å². The first-order chi connectivity index (χ1) is 11.0. The number of ether oxygens (including phenoxy) is 1. The number of benzene rings is 1. The molecule has 7 nitrogen and oxygen atoms in total. The summed E-state index contributed by atoms with van der Waals surface area (Å²) in [6, 6.07) is 5.08. The van der Waals surface area contributed by atoms with Gasteiger partial charge in [0.2, 0.25) is 0 Å². The van der Waals surface area contributed by atoms with Crippen molar-refractivity contribution in [3.63, 3.8) is 0 Å². The van der Waals surface area contributed by atoms with Crippen LogP contribution in [0, 0.1) is 10.1 Å². The Labute approximate surface area is 135 Å². The summed E-state index contributed by atoms with van der Waals surface area (Å²) in [5, 5.41) is 21.1. The number of anilines is 1. The van der Waals surface area contributed by atoms with Crippen LogP contribution in [0.5, 0.6) is 0 Å². The molecule has 0 amide bonds. The van der Waals surface area contributed by atoms with Crippen LogP contribution in [-0.4, -0.2) is 42.3 Å². The van der Waals surface area contributed by atoms with E-state index in [-0.39, 0.29) is 24.0 Å². The molecule has 2 atom stereocenters. The Morgan fingerprint density at radius 1 is 1.57 bits per heavy atom. The lowest BCUT2D eigenvalue weighted by Crippen LogP contribution is -2.22. The van der Waals surface area contributed by atoms with Crippen LogP contribution in [0.25, 0.3) is 0 Å². The number of hydrogen-bond acceptors (Lipinski definition) is 6. The van der Waals surface area contributed by atoms with Crippen molar-refractivity contribution in [1.29, 1.82) is 0 Å². The molecule has 1 aliphatic heterocycles. The molecule has 1 aromatic rings. The average molecular weight is 322 g/mol. The first kappa shape index (κ1) is 17.2. The van der Waals surface area contributed by atoms with Crippen LogP contribution >= 0.6 is 0 Å². The zero-order valence-electron chi connectivity index (χ0n) is 13.4. The monoisotopic (exact) mass is 322 g/mol. The molecule has 0 aromatic heterocycles. The molecule has 1 aliphatic rings. The third-order valence-corrected chi connectivity index (χ3v) is 4.31. The molecule has 1 saturated heterocycles. The maximum Gasteiger partial charge on any atom is 0.306 e. The standard InChI is InChI=1S/C16H22N2O5/c1-3-11(9-16(20)23-2)12-4-5-14(15(8-12)18(21)22)17-7-6-13(19)10-17/h4-5,8,11,13,19H,3,6-7,9-10H2,1-2H3. The second-order valence-corrected chi connectivity index (χ2v) is 5.78. The van der Waals surface area contributed by atoms with Crippen LogP contribution in [0.4, 0.5) is 11.4 Å². The summed E-state index contributed by atoms with van der Waals surface area (Å²) in [4.78, 5) is 24.3. The first-order valence-electron chi connectivity index (χ1n) is 7.74. The number of nitrogens with zero attached hydrogens (tertiary/aromatic N) is 2. The van der Waals surface area contributed by atoms with Gasteiger partial charge < -0.3 is 14.7 Å². The van der Waals surface area contributed by atoms with E-state index >= 15 is 0 Å². The van der Waals surface area contributed by atoms with Crippen LogP contribution in [0.15, 0.2) is 18.2 Å². The van der Waals surface area contributed by atoms with Crippen molar-refractivity contribution >= 4 is 17.3 Å². The van der Waals surface area contributed by atoms with Gasteiger partial charge in [-0.3, -0.25) is 14.9 Å². The molecule has 1 heterocycles. The number of methoxy groups -OCH3 is 1. The van der Waals surface area contributed by atoms with E-state index in [0.717, 1.165) is 5.56 Å². The minimum absolute atomic E-state index is 0.0138. The van der Waals surface area contributed by atoms with E-state index in [0.29, 0.717) is 31.6 Å². The molecule has 0 saturated carbocycles. The number of aliphatic hydroxyl groups is 1. The van der Waals surface area contributed by atoms with Crippen LogP contribution in [0.3, 0.4) is 0 Å². The van der Waals surface area contributed by atoms with Crippen LogP contribution in [0.2, 0.25) is 0 Å². The molecule has 0 aliphatic carbocycles. The van der Waals surface area contributed by atoms with Crippen LogP contribution in [-0.2, 0) is 9.53 Å². The minimum Gasteiger partial charge on any atom is -0.469 e. The van der Waals surface area contributed by atoms with Crippen molar-refractivity contribution < 1.29 is 19.6 Å². The fourth-order valence-electron chi connectivity index (χ4n) is 2.95. The number of esters is 1. The largest absolute Gasteiger partial charge is 0.469 e. The molecule has 2 unspecified atom stereocenters. The minimum atomic E-state index is -0.447. The Balaban J connectivity index is 2.31. The van der Waals surface area contributed by atoms with E-state index in [1.807, 2.05) is 17.9 Å². The predicted octanol–water partition coefficient (Wildman–Crippen LogP) is 2.22.